The van der Waals surface area contributed by atoms with Gasteiger partial charge < -0.3 is 10.2 Å². The van der Waals surface area contributed by atoms with Gasteiger partial charge in [-0.2, -0.15) is 0 Å². The van der Waals surface area contributed by atoms with E-state index in [1.807, 2.05) is 6.08 Å². The first-order valence-electron chi connectivity index (χ1n) is 8.33. The molecule has 0 unspecified atom stereocenters. The molecule has 3 nitrogen and oxygen atoms in total. The molecule has 4 aliphatic rings. The van der Waals surface area contributed by atoms with Crippen molar-refractivity contribution in [2.24, 2.45) is 17.3 Å². The van der Waals surface area contributed by atoms with Crippen molar-refractivity contribution in [3.05, 3.63) is 22.8 Å². The molecule has 114 valence electrons. The third-order valence-electron chi connectivity index (χ3n) is 6.65. The highest BCUT2D eigenvalue weighted by molar-refractivity contribution is 5.93. The van der Waals surface area contributed by atoms with Gasteiger partial charge in [0, 0.05) is 6.42 Å². The van der Waals surface area contributed by atoms with Crippen molar-refractivity contribution in [3.63, 3.8) is 0 Å². The van der Waals surface area contributed by atoms with Crippen LogP contribution in [0, 0.1) is 17.3 Å². The Morgan fingerprint density at radius 1 is 1.14 bits per heavy atom. The topological polar surface area (TPSA) is 57.5 Å². The number of carbonyl (C=O) groups is 1. The fraction of sp³-hybridized carbons (Fsp3) is 0.722. The molecule has 2 fully saturated rings. The number of carbonyl (C=O) groups excluding carboxylic acids is 1. The Morgan fingerprint density at radius 2 is 1.95 bits per heavy atom. The van der Waals surface area contributed by atoms with Gasteiger partial charge in [-0.15, -0.1) is 0 Å². The molecule has 3 heteroatoms. The second-order valence-corrected chi connectivity index (χ2v) is 7.64. The largest absolute Gasteiger partial charge is 0.393 e. The van der Waals surface area contributed by atoms with Crippen LogP contribution < -0.4 is 0 Å². The van der Waals surface area contributed by atoms with E-state index in [4.69, 9.17) is 0 Å². The molecule has 2 N–H and O–H groups in total. The summed E-state index contributed by atoms with van der Waals surface area (Å²) in [5, 5.41) is 21.1. The highest BCUT2D eigenvalue weighted by Crippen LogP contribution is 2.59. The molecule has 2 saturated carbocycles. The van der Waals surface area contributed by atoms with Crippen molar-refractivity contribution < 1.29 is 15.0 Å². The van der Waals surface area contributed by atoms with Crippen LogP contribution in [-0.4, -0.2) is 28.2 Å². The summed E-state index contributed by atoms with van der Waals surface area (Å²) in [5.41, 5.74) is 3.55. The normalized spacial score (nSPS) is 45.9. The Kier molecular flexibility index (Phi) is 2.96. The van der Waals surface area contributed by atoms with Gasteiger partial charge >= 0.3 is 0 Å². The maximum atomic E-state index is 11.6. The third-order valence-corrected chi connectivity index (χ3v) is 6.65. The molecule has 0 amide bonds. The summed E-state index contributed by atoms with van der Waals surface area (Å²) in [6.07, 6.45) is 7.11. The minimum Gasteiger partial charge on any atom is -0.393 e. The van der Waals surface area contributed by atoms with Gasteiger partial charge in [0.1, 0.15) is 0 Å². The first-order chi connectivity index (χ1) is 10.0. The molecule has 0 bridgehead atoms. The number of ketones is 1. The van der Waals surface area contributed by atoms with E-state index in [9.17, 15) is 15.0 Å². The number of aliphatic hydroxyl groups excluding tert-OH is 2. The number of hydrogen-bond donors (Lipinski definition) is 2. The maximum absolute atomic E-state index is 11.6. The Labute approximate surface area is 125 Å². The second-order valence-electron chi connectivity index (χ2n) is 7.64. The zero-order valence-electron chi connectivity index (χ0n) is 12.6. The fourth-order valence-electron chi connectivity index (χ4n) is 5.59. The van der Waals surface area contributed by atoms with Crippen LogP contribution in [0.3, 0.4) is 0 Å². The second kappa shape index (κ2) is 4.53. The molecule has 0 aliphatic heterocycles. The van der Waals surface area contributed by atoms with Gasteiger partial charge in [-0.25, -0.2) is 0 Å². The lowest BCUT2D eigenvalue weighted by Crippen LogP contribution is -2.47. The average molecular weight is 290 g/mol. The summed E-state index contributed by atoms with van der Waals surface area (Å²) >= 11 is 0. The Bertz CT molecular complexity index is 559. The van der Waals surface area contributed by atoms with Crippen LogP contribution in [0.1, 0.15) is 51.9 Å². The number of fused-ring (bicyclic) bond motifs is 4. The quantitative estimate of drug-likeness (QED) is 0.721. The van der Waals surface area contributed by atoms with Crippen LogP contribution in [0.2, 0.25) is 0 Å². The Balaban J connectivity index is 1.80. The standard InChI is InChI=1S/C18H24O3/c1-18-9-15(20)17-12-5-3-11(19)8-10(12)2-4-13(17)14(18)6-7-16(18)21/h8,13-16,20-21H,2-7,9H2,1H3/t13-,14-,15+,16+,18-/m0/s1/i8+2. The lowest BCUT2D eigenvalue weighted by molar-refractivity contribution is -0.114. The molecular formula is C18H24O3. The van der Waals surface area contributed by atoms with Crippen molar-refractivity contribution in [2.45, 2.75) is 64.1 Å². The van der Waals surface area contributed by atoms with E-state index in [1.165, 1.54) is 16.7 Å². The van der Waals surface area contributed by atoms with Crippen molar-refractivity contribution in [3.8, 4) is 0 Å². The highest BCUT2D eigenvalue weighted by atomic mass is 16.3. The summed E-state index contributed by atoms with van der Waals surface area (Å²) in [6, 6.07) is 0. The van der Waals surface area contributed by atoms with Crippen molar-refractivity contribution in [1.82, 2.24) is 0 Å². The van der Waals surface area contributed by atoms with Crippen LogP contribution in [0.15, 0.2) is 22.8 Å². The fourth-order valence-corrected chi connectivity index (χ4v) is 5.59. The van der Waals surface area contributed by atoms with Crippen molar-refractivity contribution in [1.29, 1.82) is 0 Å². The molecule has 0 heterocycles. The molecule has 5 atom stereocenters. The third kappa shape index (κ3) is 1.83. The number of rotatable bonds is 0. The van der Waals surface area contributed by atoms with Crippen molar-refractivity contribution in [2.75, 3.05) is 0 Å². The van der Waals surface area contributed by atoms with Crippen molar-refractivity contribution >= 4 is 5.78 Å². The molecule has 0 aromatic heterocycles. The predicted molar refractivity (Wildman–Crippen MR) is 79.5 cm³/mol. The molecule has 4 aliphatic carbocycles. The van der Waals surface area contributed by atoms with E-state index in [2.05, 4.69) is 6.92 Å². The Morgan fingerprint density at radius 3 is 2.76 bits per heavy atom. The first-order valence-corrected chi connectivity index (χ1v) is 8.33. The zero-order chi connectivity index (χ0) is 14.8. The summed E-state index contributed by atoms with van der Waals surface area (Å²) in [4.78, 5) is 11.6. The highest BCUT2D eigenvalue weighted by Gasteiger charge is 2.55. The molecule has 0 saturated heterocycles. The monoisotopic (exact) mass is 290 g/mol. The van der Waals surface area contributed by atoms with E-state index in [-0.39, 0.29) is 17.3 Å². The van der Waals surface area contributed by atoms with E-state index < -0.39 is 6.10 Å². The lowest BCUT2D eigenvalue weighted by Gasteiger charge is -2.50. The smallest absolute Gasteiger partial charge is 0.156 e. The molecule has 0 aromatic rings. The lowest BCUT2D eigenvalue weighted by atomic mass is 9.57. The summed E-state index contributed by atoms with van der Waals surface area (Å²) in [6.45, 7) is 2.16. The van der Waals surface area contributed by atoms with Crippen LogP contribution in [0.4, 0.5) is 0 Å². The number of hydrogen-bond acceptors (Lipinski definition) is 3. The summed E-state index contributed by atoms with van der Waals surface area (Å²) in [7, 11) is 0. The van der Waals surface area contributed by atoms with Crippen LogP contribution in [0.5, 0.6) is 0 Å². The molecule has 21 heavy (non-hydrogen) atoms. The van der Waals surface area contributed by atoms with Gasteiger partial charge in [-0.3, -0.25) is 4.79 Å². The molecule has 0 aromatic carbocycles. The number of allylic oxidation sites excluding steroid dienone is 3. The van der Waals surface area contributed by atoms with Gasteiger partial charge in [0.05, 0.1) is 12.2 Å². The van der Waals surface area contributed by atoms with E-state index in [0.717, 1.165) is 32.1 Å². The van der Waals surface area contributed by atoms with Crippen LogP contribution >= 0.6 is 0 Å². The van der Waals surface area contributed by atoms with E-state index >= 15 is 0 Å². The number of aliphatic hydroxyl groups is 2. The maximum Gasteiger partial charge on any atom is 0.156 e. The van der Waals surface area contributed by atoms with Crippen LogP contribution in [0.25, 0.3) is 0 Å². The zero-order valence-corrected chi connectivity index (χ0v) is 12.6. The molecular weight excluding hydrogens is 266 g/mol. The minimum atomic E-state index is -0.434. The average Bonchev–Trinajstić information content (AvgIpc) is 2.74. The Hall–Kier alpha value is -0.930. The summed E-state index contributed by atoms with van der Waals surface area (Å²) < 4.78 is 0. The molecule has 4 rings (SSSR count). The van der Waals surface area contributed by atoms with E-state index in [0.29, 0.717) is 24.7 Å². The van der Waals surface area contributed by atoms with Gasteiger partial charge in [0.15, 0.2) is 5.78 Å². The van der Waals surface area contributed by atoms with Gasteiger partial charge in [0.25, 0.3) is 0 Å². The van der Waals surface area contributed by atoms with Crippen LogP contribution in [-0.2, 0) is 4.79 Å². The SMILES string of the molecule is C[C@]12C[C@@H](O)C3=C4CCC(=O)[14CH]=C4CC[C@H]3[C@@H]1CC[C@H]2O. The van der Waals surface area contributed by atoms with Gasteiger partial charge in [-0.1, -0.05) is 6.92 Å². The predicted octanol–water partition coefficient (Wildman–Crippen LogP) is 2.52. The van der Waals surface area contributed by atoms with Gasteiger partial charge in [0.2, 0.25) is 0 Å². The van der Waals surface area contributed by atoms with Gasteiger partial charge in [-0.05, 0) is 78.6 Å². The molecule has 0 spiro atoms. The van der Waals surface area contributed by atoms with E-state index in [1.54, 1.807) is 0 Å². The molecule has 0 radical (unpaired) electrons. The summed E-state index contributed by atoms with van der Waals surface area (Å²) in [5.74, 6) is 1.15. The minimum absolute atomic E-state index is 0.125. The first kappa shape index (κ1) is 13.7.